The van der Waals surface area contributed by atoms with Crippen LogP contribution in [0, 0.1) is 0 Å². The van der Waals surface area contributed by atoms with Crippen LogP contribution in [0.15, 0.2) is 24.4 Å². The highest BCUT2D eigenvalue weighted by atomic mass is 16.5. The first-order chi connectivity index (χ1) is 14.8. The number of nitrogens with one attached hydrogen (secondary N) is 1. The Kier molecular flexibility index (Phi) is 13.4. The molecule has 0 saturated carbocycles. The fourth-order valence-electron chi connectivity index (χ4n) is 4.39. The lowest BCUT2D eigenvalue weighted by Crippen LogP contribution is -1.87. The summed E-state index contributed by atoms with van der Waals surface area (Å²) in [7, 11) is 1.73. The smallest absolute Gasteiger partial charge is 0.119 e. The van der Waals surface area contributed by atoms with E-state index in [0.717, 1.165) is 18.6 Å². The number of aromatic nitrogens is 1. The van der Waals surface area contributed by atoms with Gasteiger partial charge in [-0.25, -0.2) is 0 Å². The second kappa shape index (κ2) is 16.2. The third-order valence-electron chi connectivity index (χ3n) is 6.33. The summed E-state index contributed by atoms with van der Waals surface area (Å²) < 4.78 is 5.36. The first kappa shape index (κ1) is 24.8. The third-order valence-corrected chi connectivity index (χ3v) is 6.33. The van der Waals surface area contributed by atoms with Crippen LogP contribution in [-0.4, -0.2) is 23.8 Å². The summed E-state index contributed by atoms with van der Waals surface area (Å²) in [5.41, 5.74) is 2.64. The number of ether oxygens (including phenoxy) is 1. The van der Waals surface area contributed by atoms with Crippen LogP contribution >= 0.6 is 0 Å². The van der Waals surface area contributed by atoms with Gasteiger partial charge in [-0.05, 0) is 43.0 Å². The number of methoxy groups -OCH3 is 1. The molecule has 0 radical (unpaired) electrons. The molecular weight excluding hydrogens is 370 g/mol. The number of unbranched alkanes of at least 4 members (excludes halogenated alkanes) is 15. The van der Waals surface area contributed by atoms with Gasteiger partial charge >= 0.3 is 0 Å². The fourth-order valence-corrected chi connectivity index (χ4v) is 4.39. The lowest BCUT2D eigenvalue weighted by atomic mass is 10.0. The van der Waals surface area contributed by atoms with Gasteiger partial charge in [0, 0.05) is 23.7 Å². The molecule has 1 aromatic heterocycles. The monoisotopic (exact) mass is 415 g/mol. The van der Waals surface area contributed by atoms with Crippen molar-refractivity contribution >= 4 is 10.9 Å². The molecule has 0 aliphatic carbocycles. The molecule has 2 rings (SSSR count). The summed E-state index contributed by atoms with van der Waals surface area (Å²) in [5, 5.41) is 10.1. The third kappa shape index (κ3) is 10.0. The summed E-state index contributed by atoms with van der Waals surface area (Å²) in [5.74, 6) is 0.942. The Morgan fingerprint density at radius 3 is 1.70 bits per heavy atom. The predicted molar refractivity (Wildman–Crippen MR) is 130 cm³/mol. The molecule has 0 saturated heterocycles. The number of hydrogen-bond acceptors (Lipinski definition) is 2. The highest BCUT2D eigenvalue weighted by molar-refractivity contribution is 5.84. The van der Waals surface area contributed by atoms with Gasteiger partial charge in [0.2, 0.25) is 0 Å². The number of hydrogen-bond donors (Lipinski definition) is 2. The van der Waals surface area contributed by atoms with Gasteiger partial charge in [0.1, 0.15) is 5.75 Å². The molecule has 3 heteroatoms. The standard InChI is InChI=1S/C27H45NO2/c1-30-25-19-20-27-26(22-25)24(23-28-27)18-16-14-12-10-8-6-4-2-3-5-7-9-11-13-15-17-21-29/h19-20,22-23,28-29H,2-18,21H2,1H3. The quantitative estimate of drug-likeness (QED) is 0.229. The van der Waals surface area contributed by atoms with E-state index in [1.807, 2.05) is 6.07 Å². The van der Waals surface area contributed by atoms with E-state index in [0.29, 0.717) is 6.61 Å². The van der Waals surface area contributed by atoms with Crippen LogP contribution in [0.25, 0.3) is 10.9 Å². The van der Waals surface area contributed by atoms with Crippen LogP contribution in [-0.2, 0) is 6.42 Å². The number of benzene rings is 1. The SMILES string of the molecule is COc1ccc2[nH]cc(CCCCCCCCCCCCCCCCCCO)c2c1. The van der Waals surface area contributed by atoms with Crippen LogP contribution in [0.3, 0.4) is 0 Å². The van der Waals surface area contributed by atoms with E-state index in [2.05, 4.69) is 23.3 Å². The van der Waals surface area contributed by atoms with Crippen LogP contribution in [0.1, 0.15) is 108 Å². The van der Waals surface area contributed by atoms with Crippen molar-refractivity contribution in [2.45, 2.75) is 109 Å². The van der Waals surface area contributed by atoms with E-state index >= 15 is 0 Å². The molecule has 30 heavy (non-hydrogen) atoms. The fraction of sp³-hybridized carbons (Fsp3) is 0.704. The van der Waals surface area contributed by atoms with Crippen molar-refractivity contribution < 1.29 is 9.84 Å². The first-order valence-corrected chi connectivity index (χ1v) is 12.6. The minimum absolute atomic E-state index is 0.362. The molecule has 0 amide bonds. The maximum absolute atomic E-state index is 8.76. The van der Waals surface area contributed by atoms with E-state index < -0.39 is 0 Å². The zero-order chi connectivity index (χ0) is 21.3. The van der Waals surface area contributed by atoms with Gasteiger partial charge in [-0.1, -0.05) is 89.9 Å². The van der Waals surface area contributed by atoms with Crippen molar-refractivity contribution in [3.05, 3.63) is 30.0 Å². The van der Waals surface area contributed by atoms with Crippen molar-refractivity contribution in [1.82, 2.24) is 4.98 Å². The Balaban J connectivity index is 1.37. The van der Waals surface area contributed by atoms with Crippen LogP contribution < -0.4 is 4.74 Å². The van der Waals surface area contributed by atoms with E-state index in [1.54, 1.807) is 7.11 Å². The second-order valence-electron chi connectivity index (χ2n) is 8.86. The normalized spacial score (nSPS) is 11.4. The number of aryl methyl sites for hydroxylation is 1. The van der Waals surface area contributed by atoms with Gasteiger partial charge in [-0.2, -0.15) is 0 Å². The number of rotatable bonds is 19. The first-order valence-electron chi connectivity index (χ1n) is 12.6. The van der Waals surface area contributed by atoms with Crippen molar-refractivity contribution in [3.8, 4) is 5.75 Å². The summed E-state index contributed by atoms with van der Waals surface area (Å²) in [6, 6.07) is 6.28. The highest BCUT2D eigenvalue weighted by Gasteiger charge is 2.05. The molecule has 170 valence electrons. The van der Waals surface area contributed by atoms with Crippen molar-refractivity contribution in [2.24, 2.45) is 0 Å². The zero-order valence-corrected chi connectivity index (χ0v) is 19.4. The topological polar surface area (TPSA) is 45.2 Å². The molecule has 0 aliphatic heterocycles. The maximum Gasteiger partial charge on any atom is 0.119 e. The average molecular weight is 416 g/mol. The molecule has 0 aliphatic rings. The van der Waals surface area contributed by atoms with Gasteiger partial charge in [0.05, 0.1) is 7.11 Å². The lowest BCUT2D eigenvalue weighted by molar-refractivity contribution is 0.282. The molecule has 1 aromatic carbocycles. The Morgan fingerprint density at radius 1 is 0.700 bits per heavy atom. The average Bonchev–Trinajstić information content (AvgIpc) is 3.18. The van der Waals surface area contributed by atoms with Gasteiger partial charge in [-0.3, -0.25) is 0 Å². The molecule has 0 spiro atoms. The highest BCUT2D eigenvalue weighted by Crippen LogP contribution is 2.25. The minimum atomic E-state index is 0.362. The van der Waals surface area contributed by atoms with Gasteiger partial charge in [-0.15, -0.1) is 0 Å². The van der Waals surface area contributed by atoms with E-state index in [-0.39, 0.29) is 0 Å². The number of H-pyrrole nitrogens is 1. The maximum atomic E-state index is 8.76. The van der Waals surface area contributed by atoms with Gasteiger partial charge < -0.3 is 14.8 Å². The van der Waals surface area contributed by atoms with Crippen LogP contribution in [0.4, 0.5) is 0 Å². The summed E-state index contributed by atoms with van der Waals surface area (Å²) in [4.78, 5) is 3.38. The molecular formula is C27H45NO2. The molecule has 1 heterocycles. The summed E-state index contributed by atoms with van der Waals surface area (Å²) in [6.07, 6.45) is 24.9. The molecule has 0 unspecified atom stereocenters. The van der Waals surface area contributed by atoms with E-state index in [4.69, 9.17) is 9.84 Å². The van der Waals surface area contributed by atoms with Crippen molar-refractivity contribution in [1.29, 1.82) is 0 Å². The van der Waals surface area contributed by atoms with E-state index in [9.17, 15) is 0 Å². The molecule has 0 bridgehead atoms. The van der Waals surface area contributed by atoms with Gasteiger partial charge in [0.15, 0.2) is 0 Å². The molecule has 2 N–H and O–H groups in total. The minimum Gasteiger partial charge on any atom is -0.497 e. The van der Waals surface area contributed by atoms with Crippen LogP contribution in [0.5, 0.6) is 5.75 Å². The van der Waals surface area contributed by atoms with Crippen LogP contribution in [0.2, 0.25) is 0 Å². The largest absolute Gasteiger partial charge is 0.497 e. The van der Waals surface area contributed by atoms with Crippen molar-refractivity contribution in [2.75, 3.05) is 13.7 Å². The zero-order valence-electron chi connectivity index (χ0n) is 19.4. The molecule has 0 fully saturated rings. The Labute approximate surface area is 184 Å². The second-order valence-corrected chi connectivity index (χ2v) is 8.86. The molecule has 3 nitrogen and oxygen atoms in total. The summed E-state index contributed by atoms with van der Waals surface area (Å²) >= 11 is 0. The lowest BCUT2D eigenvalue weighted by Gasteiger charge is -2.04. The van der Waals surface area contributed by atoms with E-state index in [1.165, 1.54) is 113 Å². The number of aliphatic hydroxyl groups is 1. The van der Waals surface area contributed by atoms with Crippen molar-refractivity contribution in [3.63, 3.8) is 0 Å². The number of aliphatic hydroxyl groups excluding tert-OH is 1. The molecule has 2 aromatic rings. The molecule has 0 atom stereocenters. The number of aromatic amines is 1. The van der Waals surface area contributed by atoms with Gasteiger partial charge in [0.25, 0.3) is 0 Å². The number of fused-ring (bicyclic) bond motifs is 1. The Morgan fingerprint density at radius 2 is 1.20 bits per heavy atom. The Hall–Kier alpha value is -1.48. The Bertz CT molecular complexity index is 664. The predicted octanol–water partition coefficient (Wildman–Crippen LogP) is 7.95. The summed E-state index contributed by atoms with van der Waals surface area (Å²) in [6.45, 7) is 0.362.